The number of amides is 1. The number of aryl methyl sites for hydroxylation is 1. The summed E-state index contributed by atoms with van der Waals surface area (Å²) < 4.78 is 27.1. The van der Waals surface area contributed by atoms with E-state index in [0.29, 0.717) is 18.2 Å². The predicted octanol–water partition coefficient (Wildman–Crippen LogP) is 2.87. The van der Waals surface area contributed by atoms with Gasteiger partial charge in [0.15, 0.2) is 0 Å². The fourth-order valence-electron chi connectivity index (χ4n) is 2.65. The summed E-state index contributed by atoms with van der Waals surface area (Å²) in [6.07, 6.45) is 1.83. The lowest BCUT2D eigenvalue weighted by Gasteiger charge is -2.16. The van der Waals surface area contributed by atoms with Crippen molar-refractivity contribution in [1.29, 1.82) is 0 Å². The highest BCUT2D eigenvalue weighted by molar-refractivity contribution is 7.92. The van der Waals surface area contributed by atoms with E-state index < -0.39 is 21.5 Å². The highest BCUT2D eigenvalue weighted by Crippen LogP contribution is 2.18. The van der Waals surface area contributed by atoms with Crippen LogP contribution in [0, 0.1) is 25.7 Å². The van der Waals surface area contributed by atoms with E-state index in [1.165, 1.54) is 0 Å². The molecule has 1 rings (SSSR count). The first-order valence-electron chi connectivity index (χ1n) is 8.99. The van der Waals surface area contributed by atoms with Crippen LogP contribution in [0.15, 0.2) is 5.16 Å². The lowest BCUT2D eigenvalue weighted by molar-refractivity contribution is -0.119. The Labute approximate surface area is 152 Å². The molecule has 0 aliphatic heterocycles. The smallest absolute Gasteiger partial charge is 0.235 e. The molecule has 0 radical (unpaired) electrons. The molecule has 1 unspecified atom stereocenters. The lowest BCUT2D eigenvalue weighted by Crippen LogP contribution is -2.37. The van der Waals surface area contributed by atoms with Gasteiger partial charge in [-0.3, -0.25) is 4.79 Å². The van der Waals surface area contributed by atoms with Crippen molar-refractivity contribution >= 4 is 15.7 Å². The van der Waals surface area contributed by atoms with Crippen LogP contribution in [0.3, 0.4) is 0 Å². The van der Waals surface area contributed by atoms with Crippen molar-refractivity contribution in [2.24, 2.45) is 11.8 Å². The van der Waals surface area contributed by atoms with Crippen LogP contribution in [0.2, 0.25) is 0 Å². The van der Waals surface area contributed by atoms with Gasteiger partial charge in [-0.15, -0.1) is 0 Å². The second-order valence-electron chi connectivity index (χ2n) is 7.77. The van der Waals surface area contributed by atoms with Crippen LogP contribution in [-0.2, 0) is 21.2 Å². The summed E-state index contributed by atoms with van der Waals surface area (Å²) in [5.74, 6) is -0.193. The summed E-state index contributed by atoms with van der Waals surface area (Å²) in [6.45, 7) is 14.4. The van der Waals surface area contributed by atoms with Crippen molar-refractivity contribution in [2.75, 3.05) is 5.75 Å². The van der Waals surface area contributed by atoms with Crippen LogP contribution in [-0.4, -0.2) is 35.7 Å². The third-order valence-corrected chi connectivity index (χ3v) is 5.66. The van der Waals surface area contributed by atoms with Crippen LogP contribution in [0.1, 0.15) is 58.8 Å². The largest absolute Gasteiger partial charge is 0.353 e. The molecule has 144 valence electrons. The van der Waals surface area contributed by atoms with Gasteiger partial charge in [0.05, 0.1) is 5.69 Å². The monoisotopic (exact) mass is 371 g/mol. The number of rotatable bonds is 9. The summed E-state index contributed by atoms with van der Waals surface area (Å²) in [7, 11) is -3.77. The molecule has 0 spiro atoms. The van der Waals surface area contributed by atoms with Crippen LogP contribution in [0.25, 0.3) is 0 Å². The zero-order valence-electron chi connectivity index (χ0n) is 16.6. The molecular weight excluding hydrogens is 338 g/mol. The van der Waals surface area contributed by atoms with E-state index in [1.54, 1.807) is 11.5 Å². The molecule has 0 fully saturated rings. The average molecular weight is 372 g/mol. The van der Waals surface area contributed by atoms with E-state index in [2.05, 4.69) is 24.1 Å². The Bertz CT molecular complexity index is 691. The Morgan fingerprint density at radius 2 is 1.68 bits per heavy atom. The number of nitrogens with zero attached hydrogens (tertiary/aromatic N) is 2. The van der Waals surface area contributed by atoms with Crippen molar-refractivity contribution in [1.82, 2.24) is 14.9 Å². The van der Waals surface area contributed by atoms with Crippen LogP contribution < -0.4 is 5.32 Å². The molecule has 25 heavy (non-hydrogen) atoms. The van der Waals surface area contributed by atoms with Gasteiger partial charge in [0.25, 0.3) is 0 Å². The highest BCUT2D eigenvalue weighted by Gasteiger charge is 2.27. The molecule has 1 aromatic rings. The fourth-order valence-corrected chi connectivity index (χ4v) is 4.03. The molecule has 1 atom stereocenters. The maximum absolute atomic E-state index is 12.7. The molecule has 1 aromatic heterocycles. The summed E-state index contributed by atoms with van der Waals surface area (Å²) in [5, 5.41) is 2.79. The third kappa shape index (κ3) is 6.45. The van der Waals surface area contributed by atoms with Crippen molar-refractivity contribution < 1.29 is 13.2 Å². The predicted molar refractivity (Wildman–Crippen MR) is 100 cm³/mol. The number of nitrogens with one attached hydrogen (secondary N) is 1. The molecule has 0 saturated heterocycles. The molecule has 1 heterocycles. The molecule has 7 heteroatoms. The Morgan fingerprint density at radius 3 is 2.20 bits per heavy atom. The first kappa shape index (κ1) is 21.7. The minimum absolute atomic E-state index is 0.00110. The van der Waals surface area contributed by atoms with Crippen molar-refractivity contribution in [3.63, 3.8) is 0 Å². The van der Waals surface area contributed by atoms with E-state index in [-0.39, 0.29) is 17.1 Å². The molecule has 0 aliphatic carbocycles. The van der Waals surface area contributed by atoms with Crippen LogP contribution >= 0.6 is 0 Å². The maximum atomic E-state index is 12.7. The van der Waals surface area contributed by atoms with Gasteiger partial charge in [-0.1, -0.05) is 27.7 Å². The molecule has 0 aliphatic rings. The summed E-state index contributed by atoms with van der Waals surface area (Å²) >= 11 is 0. The number of carbonyl (C=O) groups is 1. The summed E-state index contributed by atoms with van der Waals surface area (Å²) in [5.41, 5.74) is 1.52. The number of carbonyl (C=O) groups excluding carboxylic acids is 1. The molecule has 0 aromatic carbocycles. The Morgan fingerprint density at radius 1 is 1.08 bits per heavy atom. The van der Waals surface area contributed by atoms with E-state index >= 15 is 0 Å². The Balaban J connectivity index is 2.88. The van der Waals surface area contributed by atoms with Crippen LogP contribution in [0.4, 0.5) is 0 Å². The molecule has 6 nitrogen and oxygen atoms in total. The number of sulfone groups is 1. The van der Waals surface area contributed by atoms with Gasteiger partial charge in [-0.05, 0) is 45.4 Å². The van der Waals surface area contributed by atoms with Crippen molar-refractivity contribution in [3.8, 4) is 0 Å². The van der Waals surface area contributed by atoms with E-state index in [4.69, 9.17) is 0 Å². The standard InChI is InChI=1S/C18H33N3O3S/c1-12(2)8-9-14(5)19-17(22)11-25(23,24)18-20-15(6)16(7)21(18)10-13(3)4/h12-14H,8-11H2,1-7H3,(H,19,22). The average Bonchev–Trinajstić information content (AvgIpc) is 2.73. The minimum atomic E-state index is -3.77. The summed E-state index contributed by atoms with van der Waals surface area (Å²) in [4.78, 5) is 16.4. The first-order chi connectivity index (χ1) is 11.4. The maximum Gasteiger partial charge on any atom is 0.235 e. The van der Waals surface area contributed by atoms with E-state index in [0.717, 1.165) is 18.5 Å². The van der Waals surface area contributed by atoms with Crippen LogP contribution in [0.5, 0.6) is 0 Å². The molecule has 0 bridgehead atoms. The second-order valence-corrected chi connectivity index (χ2v) is 9.65. The molecule has 0 saturated carbocycles. The Hall–Kier alpha value is -1.37. The van der Waals surface area contributed by atoms with E-state index in [9.17, 15) is 13.2 Å². The van der Waals surface area contributed by atoms with E-state index in [1.807, 2.05) is 27.7 Å². The van der Waals surface area contributed by atoms with Gasteiger partial charge < -0.3 is 9.88 Å². The number of aromatic nitrogens is 2. The van der Waals surface area contributed by atoms with Gasteiger partial charge in [-0.2, -0.15) is 0 Å². The number of hydrogen-bond acceptors (Lipinski definition) is 4. The van der Waals surface area contributed by atoms with Gasteiger partial charge >= 0.3 is 0 Å². The van der Waals surface area contributed by atoms with Gasteiger partial charge in [-0.25, -0.2) is 13.4 Å². The highest BCUT2D eigenvalue weighted by atomic mass is 32.2. The first-order valence-corrected chi connectivity index (χ1v) is 10.6. The van der Waals surface area contributed by atoms with Gasteiger partial charge in [0.1, 0.15) is 5.75 Å². The second kappa shape index (κ2) is 8.83. The zero-order chi connectivity index (χ0) is 19.4. The van der Waals surface area contributed by atoms with Crippen molar-refractivity contribution in [3.05, 3.63) is 11.4 Å². The Kier molecular flexibility index (Phi) is 7.65. The quantitative estimate of drug-likeness (QED) is 0.724. The third-order valence-electron chi connectivity index (χ3n) is 4.15. The van der Waals surface area contributed by atoms with Gasteiger partial charge in [0, 0.05) is 18.3 Å². The lowest BCUT2D eigenvalue weighted by atomic mass is 10.0. The number of imidazole rings is 1. The minimum Gasteiger partial charge on any atom is -0.353 e. The van der Waals surface area contributed by atoms with Gasteiger partial charge in [0.2, 0.25) is 20.9 Å². The SMILES string of the molecule is Cc1nc(S(=O)(=O)CC(=O)NC(C)CCC(C)C)n(CC(C)C)c1C. The molecule has 1 N–H and O–H groups in total. The molecule has 1 amide bonds. The number of hydrogen-bond donors (Lipinski definition) is 1. The normalized spacial score (nSPS) is 13.5. The zero-order valence-corrected chi connectivity index (χ0v) is 17.4. The van der Waals surface area contributed by atoms with Crippen molar-refractivity contribution in [2.45, 2.75) is 79.1 Å². The summed E-state index contributed by atoms with van der Waals surface area (Å²) in [6, 6.07) is -0.0380. The fraction of sp³-hybridized carbons (Fsp3) is 0.778. The topological polar surface area (TPSA) is 81.1 Å². The molecular formula is C18H33N3O3S.